The summed E-state index contributed by atoms with van der Waals surface area (Å²) in [6.07, 6.45) is 5.18. The van der Waals surface area contributed by atoms with Crippen molar-refractivity contribution in [2.75, 3.05) is 19.6 Å². The molecule has 1 aromatic carbocycles. The van der Waals surface area contributed by atoms with E-state index in [0.717, 1.165) is 39.0 Å². The van der Waals surface area contributed by atoms with Gasteiger partial charge in [0.25, 0.3) is 0 Å². The van der Waals surface area contributed by atoms with Gasteiger partial charge >= 0.3 is 0 Å². The maximum atomic E-state index is 12.1. The first-order chi connectivity index (χ1) is 10.8. The Bertz CT molecular complexity index is 470. The fourth-order valence-corrected chi connectivity index (χ4v) is 3.54. The smallest absolute Gasteiger partial charge is 0.220 e. The lowest BCUT2D eigenvalue weighted by atomic mass is 10.1. The number of hydrogen-bond donors (Lipinski definition) is 2. The van der Waals surface area contributed by atoms with Crippen LogP contribution in [0.5, 0.6) is 0 Å². The average molecular weight is 301 g/mol. The number of rotatable bonds is 6. The van der Waals surface area contributed by atoms with Crippen molar-refractivity contribution in [1.82, 2.24) is 15.5 Å². The first-order valence-corrected chi connectivity index (χ1v) is 8.58. The summed E-state index contributed by atoms with van der Waals surface area (Å²) >= 11 is 0. The van der Waals surface area contributed by atoms with Gasteiger partial charge < -0.3 is 10.6 Å². The molecule has 2 saturated heterocycles. The van der Waals surface area contributed by atoms with Gasteiger partial charge in [-0.2, -0.15) is 0 Å². The molecule has 4 nitrogen and oxygen atoms in total. The molecule has 4 heteroatoms. The van der Waals surface area contributed by atoms with Crippen LogP contribution in [0.2, 0.25) is 0 Å². The molecule has 120 valence electrons. The van der Waals surface area contributed by atoms with Gasteiger partial charge in [0, 0.05) is 38.1 Å². The molecule has 0 aliphatic carbocycles. The van der Waals surface area contributed by atoms with Crippen LogP contribution in [-0.2, 0) is 11.3 Å². The molecule has 2 aliphatic rings. The summed E-state index contributed by atoms with van der Waals surface area (Å²) in [4.78, 5) is 14.5. The minimum Gasteiger partial charge on any atom is -0.352 e. The molecule has 3 rings (SSSR count). The van der Waals surface area contributed by atoms with E-state index in [1.807, 2.05) is 0 Å². The van der Waals surface area contributed by atoms with Gasteiger partial charge in [0.2, 0.25) is 5.91 Å². The number of likely N-dealkylation sites (tertiary alicyclic amines) is 1. The Kier molecular flexibility index (Phi) is 5.46. The summed E-state index contributed by atoms with van der Waals surface area (Å²) in [7, 11) is 0. The highest BCUT2D eigenvalue weighted by molar-refractivity contribution is 5.76. The van der Waals surface area contributed by atoms with Gasteiger partial charge in [-0.3, -0.25) is 9.69 Å². The maximum absolute atomic E-state index is 12.1. The van der Waals surface area contributed by atoms with E-state index >= 15 is 0 Å². The van der Waals surface area contributed by atoms with Crippen molar-refractivity contribution in [3.05, 3.63) is 35.9 Å². The van der Waals surface area contributed by atoms with Gasteiger partial charge in [-0.05, 0) is 37.8 Å². The highest BCUT2D eigenvalue weighted by atomic mass is 16.1. The van der Waals surface area contributed by atoms with Crippen molar-refractivity contribution in [3.8, 4) is 0 Å². The molecular formula is C18H27N3O. The van der Waals surface area contributed by atoms with Crippen LogP contribution in [0.1, 0.15) is 37.7 Å². The normalized spacial score (nSPS) is 25.5. The zero-order chi connectivity index (χ0) is 15.2. The molecule has 22 heavy (non-hydrogen) atoms. The summed E-state index contributed by atoms with van der Waals surface area (Å²) in [5.41, 5.74) is 1.35. The Morgan fingerprint density at radius 1 is 1.27 bits per heavy atom. The third kappa shape index (κ3) is 4.55. The van der Waals surface area contributed by atoms with Crippen molar-refractivity contribution in [3.63, 3.8) is 0 Å². The van der Waals surface area contributed by atoms with Gasteiger partial charge in [0.15, 0.2) is 0 Å². The molecule has 2 unspecified atom stereocenters. The summed E-state index contributed by atoms with van der Waals surface area (Å²) in [6, 6.07) is 11.4. The topological polar surface area (TPSA) is 44.4 Å². The van der Waals surface area contributed by atoms with Crippen molar-refractivity contribution in [2.24, 2.45) is 0 Å². The summed E-state index contributed by atoms with van der Waals surface area (Å²) in [6.45, 7) is 4.15. The minimum atomic E-state index is 0.222. The predicted octanol–water partition coefficient (Wildman–Crippen LogP) is 1.91. The molecule has 2 N–H and O–H groups in total. The Balaban J connectivity index is 1.36. The van der Waals surface area contributed by atoms with Crippen molar-refractivity contribution in [1.29, 1.82) is 0 Å². The molecule has 2 fully saturated rings. The van der Waals surface area contributed by atoms with Crippen LogP contribution in [-0.4, -0.2) is 42.5 Å². The van der Waals surface area contributed by atoms with Crippen molar-refractivity contribution in [2.45, 2.75) is 50.7 Å². The van der Waals surface area contributed by atoms with Crippen LogP contribution >= 0.6 is 0 Å². The van der Waals surface area contributed by atoms with E-state index in [2.05, 4.69) is 45.9 Å². The molecule has 0 radical (unpaired) electrons. The van der Waals surface area contributed by atoms with Gasteiger partial charge in [-0.1, -0.05) is 30.3 Å². The minimum absolute atomic E-state index is 0.222. The number of nitrogens with one attached hydrogen (secondary N) is 2. The molecule has 0 saturated carbocycles. The zero-order valence-corrected chi connectivity index (χ0v) is 13.3. The molecule has 2 heterocycles. The maximum Gasteiger partial charge on any atom is 0.220 e. The second-order valence-electron chi connectivity index (χ2n) is 6.61. The number of carbonyl (C=O) groups is 1. The van der Waals surface area contributed by atoms with E-state index in [4.69, 9.17) is 0 Å². The van der Waals surface area contributed by atoms with Gasteiger partial charge in [-0.25, -0.2) is 0 Å². The lowest BCUT2D eigenvalue weighted by Gasteiger charge is -2.17. The summed E-state index contributed by atoms with van der Waals surface area (Å²) < 4.78 is 0. The van der Waals surface area contributed by atoms with Gasteiger partial charge in [-0.15, -0.1) is 0 Å². The lowest BCUT2D eigenvalue weighted by Crippen LogP contribution is -2.37. The van der Waals surface area contributed by atoms with E-state index in [1.54, 1.807) is 0 Å². The van der Waals surface area contributed by atoms with Crippen molar-refractivity contribution >= 4 is 5.91 Å². The molecule has 2 aliphatic heterocycles. The van der Waals surface area contributed by atoms with E-state index < -0.39 is 0 Å². The largest absolute Gasteiger partial charge is 0.352 e. The fourth-order valence-electron chi connectivity index (χ4n) is 3.54. The standard InChI is InChI=1S/C18H27N3O/c22-18(9-8-16-7-4-11-19-16)20-17-10-12-21(14-17)13-15-5-2-1-3-6-15/h1-3,5-6,16-17,19H,4,7-14H2,(H,20,22). The molecule has 1 amide bonds. The number of benzene rings is 1. The number of amides is 1. The second kappa shape index (κ2) is 7.75. The highest BCUT2D eigenvalue weighted by Gasteiger charge is 2.24. The molecule has 0 bridgehead atoms. The second-order valence-corrected chi connectivity index (χ2v) is 6.61. The van der Waals surface area contributed by atoms with Gasteiger partial charge in [0.05, 0.1) is 0 Å². The SMILES string of the molecule is O=C(CCC1CCCN1)NC1CCN(Cc2ccccc2)C1. The number of carbonyl (C=O) groups excluding carboxylic acids is 1. The highest BCUT2D eigenvalue weighted by Crippen LogP contribution is 2.14. The van der Waals surface area contributed by atoms with E-state index in [1.165, 1.54) is 18.4 Å². The third-order valence-corrected chi connectivity index (χ3v) is 4.77. The van der Waals surface area contributed by atoms with E-state index in [-0.39, 0.29) is 5.91 Å². The quantitative estimate of drug-likeness (QED) is 0.843. The molecule has 0 aromatic heterocycles. The first kappa shape index (κ1) is 15.5. The number of hydrogen-bond acceptors (Lipinski definition) is 3. The monoisotopic (exact) mass is 301 g/mol. The van der Waals surface area contributed by atoms with Crippen molar-refractivity contribution < 1.29 is 4.79 Å². The summed E-state index contributed by atoms with van der Waals surface area (Å²) in [5.74, 6) is 0.222. The number of nitrogens with zero attached hydrogens (tertiary/aromatic N) is 1. The Labute approximate surface area is 133 Å². The molecular weight excluding hydrogens is 274 g/mol. The molecule has 0 spiro atoms. The Morgan fingerprint density at radius 3 is 2.91 bits per heavy atom. The fraction of sp³-hybridized carbons (Fsp3) is 0.611. The zero-order valence-electron chi connectivity index (χ0n) is 13.3. The van der Waals surface area contributed by atoms with E-state index in [0.29, 0.717) is 18.5 Å². The Morgan fingerprint density at radius 2 is 2.14 bits per heavy atom. The van der Waals surface area contributed by atoms with Crippen LogP contribution in [0.15, 0.2) is 30.3 Å². The van der Waals surface area contributed by atoms with Crippen LogP contribution < -0.4 is 10.6 Å². The van der Waals surface area contributed by atoms with Crippen LogP contribution in [0.25, 0.3) is 0 Å². The Hall–Kier alpha value is -1.39. The lowest BCUT2D eigenvalue weighted by molar-refractivity contribution is -0.121. The van der Waals surface area contributed by atoms with Crippen LogP contribution in [0.3, 0.4) is 0 Å². The third-order valence-electron chi connectivity index (χ3n) is 4.77. The molecule has 2 atom stereocenters. The summed E-state index contributed by atoms with van der Waals surface area (Å²) in [5, 5.41) is 6.66. The predicted molar refractivity (Wildman–Crippen MR) is 88.5 cm³/mol. The van der Waals surface area contributed by atoms with E-state index in [9.17, 15) is 4.79 Å². The first-order valence-electron chi connectivity index (χ1n) is 8.58. The average Bonchev–Trinajstić information content (AvgIpc) is 3.18. The van der Waals surface area contributed by atoms with Gasteiger partial charge in [0.1, 0.15) is 0 Å². The molecule has 1 aromatic rings. The van der Waals surface area contributed by atoms with Crippen LogP contribution in [0.4, 0.5) is 0 Å². The van der Waals surface area contributed by atoms with Crippen LogP contribution in [0, 0.1) is 0 Å².